The van der Waals surface area contributed by atoms with Gasteiger partial charge in [0.1, 0.15) is 5.82 Å². The number of thiazole rings is 1. The zero-order valence-corrected chi connectivity index (χ0v) is 12.7. The molecule has 1 aromatic carbocycles. The largest absolute Gasteiger partial charge is 0.331 e. The molecule has 2 aromatic heterocycles. The molecule has 0 bridgehead atoms. The predicted molar refractivity (Wildman–Crippen MR) is 82.9 cm³/mol. The summed E-state index contributed by atoms with van der Waals surface area (Å²) in [6.45, 7) is 4.04. The van der Waals surface area contributed by atoms with Crippen molar-refractivity contribution in [3.8, 4) is 0 Å². The number of rotatable bonds is 3. The third kappa shape index (κ3) is 2.23. The quantitative estimate of drug-likeness (QED) is 0.805. The van der Waals surface area contributed by atoms with Crippen LogP contribution in [0.3, 0.4) is 0 Å². The van der Waals surface area contributed by atoms with Crippen molar-refractivity contribution in [1.82, 2.24) is 14.5 Å². The molecule has 0 saturated carbocycles. The number of aromatic nitrogens is 3. The van der Waals surface area contributed by atoms with E-state index in [1.54, 1.807) is 11.3 Å². The molecule has 20 heavy (non-hydrogen) atoms. The molecular weight excluding hydrogens is 268 g/mol. The van der Waals surface area contributed by atoms with Crippen LogP contribution in [0.4, 0.5) is 0 Å². The number of imidazole rings is 1. The summed E-state index contributed by atoms with van der Waals surface area (Å²) < 4.78 is 2.12. The maximum atomic E-state index is 6.35. The van der Waals surface area contributed by atoms with E-state index < -0.39 is 0 Å². The van der Waals surface area contributed by atoms with Gasteiger partial charge in [-0.15, -0.1) is 11.3 Å². The van der Waals surface area contributed by atoms with Crippen LogP contribution in [0.25, 0.3) is 11.0 Å². The monoisotopic (exact) mass is 286 g/mol. The van der Waals surface area contributed by atoms with Crippen molar-refractivity contribution in [2.45, 2.75) is 26.3 Å². The van der Waals surface area contributed by atoms with E-state index in [0.717, 1.165) is 38.9 Å². The summed E-state index contributed by atoms with van der Waals surface area (Å²) in [6.07, 6.45) is 0.730. The fraction of sp³-hybridized carbons (Fsp3) is 0.333. The van der Waals surface area contributed by atoms with Crippen LogP contribution in [-0.4, -0.2) is 14.5 Å². The highest BCUT2D eigenvalue weighted by Crippen LogP contribution is 2.26. The molecule has 5 heteroatoms. The van der Waals surface area contributed by atoms with Crippen LogP contribution < -0.4 is 5.73 Å². The van der Waals surface area contributed by atoms with Gasteiger partial charge in [-0.3, -0.25) is 0 Å². The van der Waals surface area contributed by atoms with Gasteiger partial charge < -0.3 is 10.3 Å². The number of nitrogens with zero attached hydrogens (tertiary/aromatic N) is 3. The molecule has 1 atom stereocenters. The lowest BCUT2D eigenvalue weighted by molar-refractivity contribution is 0.670. The van der Waals surface area contributed by atoms with Gasteiger partial charge in [0.05, 0.1) is 21.7 Å². The van der Waals surface area contributed by atoms with Crippen molar-refractivity contribution in [1.29, 1.82) is 0 Å². The van der Waals surface area contributed by atoms with Crippen molar-refractivity contribution in [3.05, 3.63) is 45.7 Å². The van der Waals surface area contributed by atoms with Crippen LogP contribution in [0, 0.1) is 13.8 Å². The summed E-state index contributed by atoms with van der Waals surface area (Å²) in [5.74, 6) is 1.02. The lowest BCUT2D eigenvalue weighted by Gasteiger charge is -2.10. The maximum absolute atomic E-state index is 6.35. The summed E-state index contributed by atoms with van der Waals surface area (Å²) >= 11 is 1.68. The molecular formula is C15H18N4S. The van der Waals surface area contributed by atoms with Crippen molar-refractivity contribution in [2.24, 2.45) is 12.8 Å². The van der Waals surface area contributed by atoms with Crippen LogP contribution in [0.15, 0.2) is 24.3 Å². The third-order valence-corrected chi connectivity index (χ3v) is 4.76. The summed E-state index contributed by atoms with van der Waals surface area (Å²) in [5, 5.41) is 1.07. The lowest BCUT2D eigenvalue weighted by atomic mass is 10.1. The summed E-state index contributed by atoms with van der Waals surface area (Å²) in [4.78, 5) is 10.3. The molecule has 0 radical (unpaired) electrons. The Labute approximate surface area is 122 Å². The van der Waals surface area contributed by atoms with Crippen molar-refractivity contribution < 1.29 is 0 Å². The Bertz CT molecular complexity index is 756. The molecule has 2 heterocycles. The highest BCUT2D eigenvalue weighted by atomic mass is 32.1. The average molecular weight is 286 g/mol. The van der Waals surface area contributed by atoms with Crippen molar-refractivity contribution in [2.75, 3.05) is 0 Å². The van der Waals surface area contributed by atoms with Gasteiger partial charge in [-0.1, -0.05) is 12.1 Å². The first-order chi connectivity index (χ1) is 9.56. The van der Waals surface area contributed by atoms with Gasteiger partial charge >= 0.3 is 0 Å². The minimum absolute atomic E-state index is 0.0447. The molecule has 0 aliphatic rings. The molecule has 0 saturated heterocycles. The molecule has 104 valence electrons. The smallest absolute Gasteiger partial charge is 0.111 e. The van der Waals surface area contributed by atoms with Crippen LogP contribution in [0.1, 0.15) is 27.4 Å². The van der Waals surface area contributed by atoms with E-state index in [4.69, 9.17) is 5.73 Å². The van der Waals surface area contributed by atoms with Crippen LogP contribution >= 0.6 is 11.3 Å². The summed E-state index contributed by atoms with van der Waals surface area (Å²) in [6, 6.07) is 8.11. The molecule has 2 N–H and O–H groups in total. The second kappa shape index (κ2) is 5.00. The Kier molecular flexibility index (Phi) is 3.31. The number of hydrogen-bond acceptors (Lipinski definition) is 4. The first-order valence-electron chi connectivity index (χ1n) is 6.66. The Morgan fingerprint density at radius 3 is 2.65 bits per heavy atom. The van der Waals surface area contributed by atoms with Crippen LogP contribution in [0.2, 0.25) is 0 Å². The van der Waals surface area contributed by atoms with E-state index in [1.165, 1.54) is 0 Å². The van der Waals surface area contributed by atoms with E-state index >= 15 is 0 Å². The molecule has 0 amide bonds. The first kappa shape index (κ1) is 13.3. The van der Waals surface area contributed by atoms with E-state index in [1.807, 2.05) is 39.1 Å². The van der Waals surface area contributed by atoms with E-state index in [9.17, 15) is 0 Å². The van der Waals surface area contributed by atoms with Crippen LogP contribution in [0.5, 0.6) is 0 Å². The Hall–Kier alpha value is -1.72. The summed E-state index contributed by atoms with van der Waals surface area (Å²) in [5.41, 5.74) is 9.56. The minimum Gasteiger partial charge on any atom is -0.331 e. The lowest BCUT2D eigenvalue weighted by Crippen LogP contribution is -2.15. The highest BCUT2D eigenvalue weighted by Gasteiger charge is 2.17. The molecule has 3 aromatic rings. The Morgan fingerprint density at radius 2 is 2.00 bits per heavy atom. The molecule has 0 aliphatic heterocycles. The second-order valence-corrected chi connectivity index (χ2v) is 6.30. The Balaban J connectivity index is 1.93. The van der Waals surface area contributed by atoms with Gasteiger partial charge in [-0.05, 0) is 26.0 Å². The average Bonchev–Trinajstić information content (AvgIpc) is 2.91. The molecule has 0 aliphatic carbocycles. The number of para-hydroxylation sites is 2. The SMILES string of the molecule is Cc1nc(C)c(C(N)Cc2nc3ccccc3n2C)s1. The highest BCUT2D eigenvalue weighted by molar-refractivity contribution is 7.11. The zero-order valence-electron chi connectivity index (χ0n) is 11.9. The number of nitrogens with two attached hydrogens (primary N) is 1. The van der Waals surface area contributed by atoms with Gasteiger partial charge in [0.25, 0.3) is 0 Å². The number of aryl methyl sites for hydroxylation is 3. The summed E-state index contributed by atoms with van der Waals surface area (Å²) in [7, 11) is 2.04. The van der Waals surface area contributed by atoms with Gasteiger partial charge in [-0.25, -0.2) is 9.97 Å². The fourth-order valence-electron chi connectivity index (χ4n) is 2.56. The zero-order chi connectivity index (χ0) is 14.3. The topological polar surface area (TPSA) is 56.7 Å². The third-order valence-electron chi connectivity index (χ3n) is 3.56. The molecule has 4 nitrogen and oxygen atoms in total. The minimum atomic E-state index is -0.0447. The number of benzene rings is 1. The molecule has 1 unspecified atom stereocenters. The van der Waals surface area contributed by atoms with Crippen molar-refractivity contribution in [3.63, 3.8) is 0 Å². The van der Waals surface area contributed by atoms with E-state index in [-0.39, 0.29) is 6.04 Å². The second-order valence-electron chi connectivity index (χ2n) is 5.07. The molecule has 0 fully saturated rings. The van der Waals surface area contributed by atoms with Gasteiger partial charge in [-0.2, -0.15) is 0 Å². The first-order valence-corrected chi connectivity index (χ1v) is 7.47. The number of fused-ring (bicyclic) bond motifs is 1. The van der Waals surface area contributed by atoms with Gasteiger partial charge in [0, 0.05) is 24.4 Å². The maximum Gasteiger partial charge on any atom is 0.111 e. The van der Waals surface area contributed by atoms with Gasteiger partial charge in [0.15, 0.2) is 0 Å². The molecule has 0 spiro atoms. The van der Waals surface area contributed by atoms with E-state index in [0.29, 0.717) is 0 Å². The molecule has 3 rings (SSSR count). The normalized spacial score (nSPS) is 13.0. The van der Waals surface area contributed by atoms with Crippen molar-refractivity contribution >= 4 is 22.4 Å². The van der Waals surface area contributed by atoms with Gasteiger partial charge in [0.2, 0.25) is 0 Å². The number of hydrogen-bond donors (Lipinski definition) is 1. The standard InChI is InChI=1S/C15H18N4S/c1-9-15(20-10(2)17-9)11(16)8-14-18-12-6-4-5-7-13(12)19(14)3/h4-7,11H,8,16H2,1-3H3. The van der Waals surface area contributed by atoms with Crippen LogP contribution in [-0.2, 0) is 13.5 Å². The van der Waals surface area contributed by atoms with E-state index in [2.05, 4.69) is 20.6 Å². The predicted octanol–water partition coefficient (Wildman–Crippen LogP) is 2.89. The Morgan fingerprint density at radius 1 is 1.25 bits per heavy atom. The fourth-order valence-corrected chi connectivity index (χ4v) is 3.49.